The van der Waals surface area contributed by atoms with Gasteiger partial charge in [0.1, 0.15) is 10.8 Å². The zero-order chi connectivity index (χ0) is 14.8. The van der Waals surface area contributed by atoms with Gasteiger partial charge in [-0.15, -0.1) is 10.2 Å². The van der Waals surface area contributed by atoms with E-state index in [1.54, 1.807) is 11.3 Å². The molecular weight excluding hydrogens is 333 g/mol. The smallest absolute Gasteiger partial charge is 0.260 e. The minimum atomic E-state index is -0.678. The van der Waals surface area contributed by atoms with E-state index in [2.05, 4.69) is 15.5 Å². The fourth-order valence-electron chi connectivity index (χ4n) is 1.61. The Morgan fingerprint density at radius 2 is 2.14 bits per heavy atom. The van der Waals surface area contributed by atoms with Gasteiger partial charge >= 0.3 is 0 Å². The summed E-state index contributed by atoms with van der Waals surface area (Å²) in [6, 6.07) is 5.78. The summed E-state index contributed by atoms with van der Waals surface area (Å²) in [5, 5.41) is 15.5. The number of anilines is 1. The molecule has 8 heteroatoms. The first kappa shape index (κ1) is 14.1. The van der Waals surface area contributed by atoms with Crippen molar-refractivity contribution < 1.29 is 9.18 Å². The van der Waals surface area contributed by atoms with Crippen molar-refractivity contribution in [2.75, 3.05) is 5.32 Å². The van der Waals surface area contributed by atoms with Crippen LogP contribution in [-0.2, 0) is 0 Å². The van der Waals surface area contributed by atoms with E-state index >= 15 is 0 Å². The SMILES string of the molecule is O=C(Nc1nnc(-c2ccsc2)s1)c1ccc(Cl)cc1F. The van der Waals surface area contributed by atoms with Crippen molar-refractivity contribution in [2.24, 2.45) is 0 Å². The minimum absolute atomic E-state index is 0.0910. The third-order valence-corrected chi connectivity index (χ3v) is 4.40. The van der Waals surface area contributed by atoms with Crippen LogP contribution >= 0.6 is 34.3 Å². The lowest BCUT2D eigenvalue weighted by molar-refractivity contribution is 0.102. The van der Waals surface area contributed by atoms with Crippen molar-refractivity contribution >= 4 is 45.3 Å². The van der Waals surface area contributed by atoms with Crippen LogP contribution in [0.3, 0.4) is 0 Å². The summed E-state index contributed by atoms with van der Waals surface area (Å²) < 4.78 is 13.7. The maximum atomic E-state index is 13.7. The fourth-order valence-corrected chi connectivity index (χ4v) is 3.22. The number of carbonyl (C=O) groups is 1. The largest absolute Gasteiger partial charge is 0.296 e. The molecule has 0 aliphatic heterocycles. The molecule has 1 aromatic carbocycles. The average Bonchev–Trinajstić information content (AvgIpc) is 3.08. The molecule has 3 rings (SSSR count). The van der Waals surface area contributed by atoms with Crippen LogP contribution in [0.1, 0.15) is 10.4 Å². The van der Waals surface area contributed by atoms with Crippen LogP contribution in [0.4, 0.5) is 9.52 Å². The molecule has 0 saturated heterocycles. The highest BCUT2D eigenvalue weighted by molar-refractivity contribution is 7.19. The highest BCUT2D eigenvalue weighted by Gasteiger charge is 2.15. The molecule has 106 valence electrons. The molecule has 0 aliphatic rings. The summed E-state index contributed by atoms with van der Waals surface area (Å²) in [6.07, 6.45) is 0. The Morgan fingerprint density at radius 3 is 2.86 bits per heavy atom. The van der Waals surface area contributed by atoms with Gasteiger partial charge in [-0.3, -0.25) is 10.1 Å². The van der Waals surface area contributed by atoms with Crippen molar-refractivity contribution in [1.29, 1.82) is 0 Å². The Bertz CT molecular complexity index is 789. The number of aromatic nitrogens is 2. The van der Waals surface area contributed by atoms with E-state index in [1.165, 1.54) is 23.5 Å². The van der Waals surface area contributed by atoms with Crippen LogP contribution in [0.15, 0.2) is 35.0 Å². The molecule has 1 N–H and O–H groups in total. The molecule has 4 nitrogen and oxygen atoms in total. The number of thiophene rings is 1. The lowest BCUT2D eigenvalue weighted by Crippen LogP contribution is -2.13. The van der Waals surface area contributed by atoms with E-state index in [-0.39, 0.29) is 10.6 Å². The normalized spacial score (nSPS) is 10.6. The Labute approximate surface area is 132 Å². The Hall–Kier alpha value is -1.83. The Balaban J connectivity index is 1.79. The van der Waals surface area contributed by atoms with Crippen LogP contribution < -0.4 is 5.32 Å². The molecule has 0 saturated carbocycles. The van der Waals surface area contributed by atoms with Gasteiger partial charge in [0, 0.05) is 16.0 Å². The second-order valence-corrected chi connectivity index (χ2v) is 6.20. The van der Waals surface area contributed by atoms with Crippen LogP contribution in [0.5, 0.6) is 0 Å². The molecule has 0 radical (unpaired) electrons. The molecule has 21 heavy (non-hydrogen) atoms. The van der Waals surface area contributed by atoms with Crippen LogP contribution in [0, 0.1) is 5.82 Å². The first-order chi connectivity index (χ1) is 10.1. The zero-order valence-corrected chi connectivity index (χ0v) is 12.7. The van der Waals surface area contributed by atoms with E-state index < -0.39 is 11.7 Å². The third kappa shape index (κ3) is 3.10. The molecule has 1 amide bonds. The highest BCUT2D eigenvalue weighted by Crippen LogP contribution is 2.28. The topological polar surface area (TPSA) is 54.9 Å². The maximum absolute atomic E-state index is 13.7. The highest BCUT2D eigenvalue weighted by atomic mass is 35.5. The van der Waals surface area contributed by atoms with Crippen LogP contribution in [0.25, 0.3) is 10.6 Å². The first-order valence-corrected chi connectivity index (χ1v) is 7.89. The molecule has 2 aromatic heterocycles. The van der Waals surface area contributed by atoms with Crippen molar-refractivity contribution in [1.82, 2.24) is 10.2 Å². The molecule has 0 aliphatic carbocycles. The molecule has 0 spiro atoms. The predicted octanol–water partition coefficient (Wildman–Crippen LogP) is 4.31. The molecular formula is C13H7ClFN3OS2. The number of hydrogen-bond donors (Lipinski definition) is 1. The fraction of sp³-hybridized carbons (Fsp3) is 0. The second-order valence-electron chi connectivity index (χ2n) is 4.00. The summed E-state index contributed by atoms with van der Waals surface area (Å²) in [5.41, 5.74) is 0.849. The Morgan fingerprint density at radius 1 is 1.29 bits per heavy atom. The van der Waals surface area contributed by atoms with Gasteiger partial charge in [0.05, 0.1) is 5.56 Å². The van der Waals surface area contributed by atoms with E-state index in [4.69, 9.17) is 11.6 Å². The number of halogens is 2. The predicted molar refractivity (Wildman–Crippen MR) is 82.6 cm³/mol. The average molecular weight is 340 g/mol. The van der Waals surface area contributed by atoms with Crippen molar-refractivity contribution in [3.8, 4) is 10.6 Å². The van der Waals surface area contributed by atoms with Gasteiger partial charge in [-0.05, 0) is 29.6 Å². The quantitative estimate of drug-likeness (QED) is 0.773. The summed E-state index contributed by atoms with van der Waals surface area (Å²) >= 11 is 8.43. The summed E-state index contributed by atoms with van der Waals surface area (Å²) in [7, 11) is 0. The van der Waals surface area contributed by atoms with Gasteiger partial charge in [0.15, 0.2) is 0 Å². The summed E-state index contributed by atoms with van der Waals surface area (Å²) in [5.74, 6) is -1.26. The summed E-state index contributed by atoms with van der Waals surface area (Å²) in [4.78, 5) is 12.0. The minimum Gasteiger partial charge on any atom is -0.296 e. The van der Waals surface area contributed by atoms with Crippen molar-refractivity contribution in [3.05, 3.63) is 51.4 Å². The molecule has 0 bridgehead atoms. The number of amides is 1. The van der Waals surface area contributed by atoms with Crippen LogP contribution in [-0.4, -0.2) is 16.1 Å². The van der Waals surface area contributed by atoms with Crippen molar-refractivity contribution in [3.63, 3.8) is 0 Å². The molecule has 0 unspecified atom stereocenters. The number of rotatable bonds is 3. The zero-order valence-electron chi connectivity index (χ0n) is 10.3. The van der Waals surface area contributed by atoms with E-state index in [0.29, 0.717) is 10.1 Å². The molecule has 3 aromatic rings. The molecule has 0 fully saturated rings. The lowest BCUT2D eigenvalue weighted by Gasteiger charge is -2.02. The van der Waals surface area contributed by atoms with E-state index in [9.17, 15) is 9.18 Å². The number of benzene rings is 1. The monoisotopic (exact) mass is 339 g/mol. The van der Waals surface area contributed by atoms with Gasteiger partial charge in [-0.2, -0.15) is 11.3 Å². The van der Waals surface area contributed by atoms with Gasteiger partial charge < -0.3 is 0 Å². The third-order valence-electron chi connectivity index (χ3n) is 2.59. The first-order valence-electron chi connectivity index (χ1n) is 5.76. The number of nitrogens with one attached hydrogen (secondary N) is 1. The van der Waals surface area contributed by atoms with Gasteiger partial charge in [-0.25, -0.2) is 4.39 Å². The van der Waals surface area contributed by atoms with Gasteiger partial charge in [0.2, 0.25) is 5.13 Å². The number of hydrogen-bond acceptors (Lipinski definition) is 5. The second kappa shape index (κ2) is 5.88. The van der Waals surface area contributed by atoms with E-state index in [1.807, 2.05) is 16.8 Å². The van der Waals surface area contributed by atoms with Crippen LogP contribution in [0.2, 0.25) is 5.02 Å². The maximum Gasteiger partial charge on any atom is 0.260 e. The number of nitrogens with zero attached hydrogens (tertiary/aromatic N) is 2. The standard InChI is InChI=1S/C13H7ClFN3OS2/c14-8-1-2-9(10(15)5-8)11(19)16-13-18-17-12(21-13)7-3-4-20-6-7/h1-6H,(H,16,18,19). The summed E-state index contributed by atoms with van der Waals surface area (Å²) in [6.45, 7) is 0. The van der Waals surface area contributed by atoms with Crippen molar-refractivity contribution in [2.45, 2.75) is 0 Å². The Kier molecular flexibility index (Phi) is 3.96. The number of carbonyl (C=O) groups excluding carboxylic acids is 1. The lowest BCUT2D eigenvalue weighted by atomic mass is 10.2. The van der Waals surface area contributed by atoms with Gasteiger partial charge in [-0.1, -0.05) is 22.9 Å². The van der Waals surface area contributed by atoms with Gasteiger partial charge in [0.25, 0.3) is 5.91 Å². The van der Waals surface area contributed by atoms with E-state index in [0.717, 1.165) is 11.6 Å². The molecule has 0 atom stereocenters. The molecule has 2 heterocycles.